The van der Waals surface area contributed by atoms with Gasteiger partial charge in [0.25, 0.3) is 0 Å². The second-order valence-electron chi connectivity index (χ2n) is 8.29. The second kappa shape index (κ2) is 11.2. The summed E-state index contributed by atoms with van der Waals surface area (Å²) in [6.45, 7) is 11.1. The first-order valence-corrected chi connectivity index (χ1v) is 11.7. The highest BCUT2D eigenvalue weighted by Gasteiger charge is 2.33. The zero-order valence-corrected chi connectivity index (χ0v) is 19.7. The van der Waals surface area contributed by atoms with Crippen molar-refractivity contribution in [2.75, 3.05) is 19.7 Å². The van der Waals surface area contributed by atoms with Crippen LogP contribution < -0.4 is 9.47 Å². The molecule has 0 fully saturated rings. The van der Waals surface area contributed by atoms with E-state index in [1.165, 1.54) is 0 Å². The number of carbonyl (C=O) groups excluding carboxylic acids is 1. The Balaban J connectivity index is 1.96. The highest BCUT2D eigenvalue weighted by atomic mass is 16.5. The molecule has 5 nitrogen and oxygen atoms in total. The molecule has 2 aromatic rings. The Hall–Kier alpha value is -2.79. The van der Waals surface area contributed by atoms with E-state index in [1.807, 2.05) is 38.1 Å². The molecule has 0 spiro atoms. The number of aryl methyl sites for hydroxylation is 1. The number of Topliss-reactive ketones (excluding diaryl/α,β-unsaturated/α-hetero) is 1. The first-order chi connectivity index (χ1) is 15.5. The van der Waals surface area contributed by atoms with E-state index in [2.05, 4.69) is 18.7 Å². The van der Waals surface area contributed by atoms with E-state index in [-0.39, 0.29) is 17.3 Å². The van der Waals surface area contributed by atoms with Crippen molar-refractivity contribution in [2.45, 2.75) is 59.9 Å². The van der Waals surface area contributed by atoms with Crippen molar-refractivity contribution in [2.24, 2.45) is 0 Å². The van der Waals surface area contributed by atoms with Crippen molar-refractivity contribution in [3.8, 4) is 17.2 Å². The SMILES string of the molecule is CCCCN(CCCC)Cc1c(O)cc(C)c2c1O/C(=C/c1ccccc1OCC)C2=O. The van der Waals surface area contributed by atoms with Crippen LogP contribution in [0.2, 0.25) is 0 Å². The van der Waals surface area contributed by atoms with E-state index < -0.39 is 0 Å². The normalized spacial score (nSPS) is 14.2. The molecule has 32 heavy (non-hydrogen) atoms. The predicted octanol–water partition coefficient (Wildman–Crippen LogP) is 6.12. The molecule has 1 aliphatic heterocycles. The summed E-state index contributed by atoms with van der Waals surface area (Å²) >= 11 is 0. The molecule has 172 valence electrons. The van der Waals surface area contributed by atoms with Crippen molar-refractivity contribution in [1.29, 1.82) is 0 Å². The third kappa shape index (κ3) is 5.33. The fraction of sp³-hybridized carbons (Fsp3) is 0.444. The lowest BCUT2D eigenvalue weighted by molar-refractivity contribution is 0.101. The van der Waals surface area contributed by atoms with E-state index in [0.717, 1.165) is 49.9 Å². The van der Waals surface area contributed by atoms with Gasteiger partial charge in [0.2, 0.25) is 5.78 Å². The average Bonchev–Trinajstić information content (AvgIpc) is 3.10. The summed E-state index contributed by atoms with van der Waals surface area (Å²) < 4.78 is 11.8. The summed E-state index contributed by atoms with van der Waals surface area (Å²) in [6.07, 6.45) is 6.15. The van der Waals surface area contributed by atoms with E-state index in [0.29, 0.717) is 35.8 Å². The quantitative estimate of drug-likeness (QED) is 0.429. The maximum atomic E-state index is 13.3. The maximum absolute atomic E-state index is 13.3. The summed E-state index contributed by atoms with van der Waals surface area (Å²) in [5.41, 5.74) is 2.75. The van der Waals surface area contributed by atoms with Gasteiger partial charge in [-0.3, -0.25) is 9.69 Å². The van der Waals surface area contributed by atoms with Gasteiger partial charge in [0, 0.05) is 12.1 Å². The maximum Gasteiger partial charge on any atom is 0.232 e. The molecule has 5 heteroatoms. The minimum absolute atomic E-state index is 0.154. The van der Waals surface area contributed by atoms with Crippen LogP contribution >= 0.6 is 0 Å². The number of unbranched alkanes of at least 4 members (excludes halogenated alkanes) is 2. The van der Waals surface area contributed by atoms with Gasteiger partial charge in [0.1, 0.15) is 17.2 Å². The van der Waals surface area contributed by atoms with Gasteiger partial charge in [0.05, 0.1) is 17.7 Å². The first kappa shape index (κ1) is 23.9. The Labute approximate surface area is 191 Å². The van der Waals surface area contributed by atoms with Crippen LogP contribution in [0.4, 0.5) is 0 Å². The van der Waals surface area contributed by atoms with Crippen molar-refractivity contribution in [1.82, 2.24) is 4.90 Å². The van der Waals surface area contributed by atoms with Gasteiger partial charge in [0.15, 0.2) is 5.76 Å². The van der Waals surface area contributed by atoms with Crippen LogP contribution in [0.3, 0.4) is 0 Å². The number of benzene rings is 2. The van der Waals surface area contributed by atoms with Gasteiger partial charge in [-0.05, 0) is 63.6 Å². The number of fused-ring (bicyclic) bond motifs is 1. The van der Waals surface area contributed by atoms with Gasteiger partial charge in [-0.15, -0.1) is 0 Å². The van der Waals surface area contributed by atoms with Gasteiger partial charge in [-0.1, -0.05) is 44.9 Å². The van der Waals surface area contributed by atoms with Crippen molar-refractivity contribution in [3.05, 3.63) is 58.3 Å². The highest BCUT2D eigenvalue weighted by Crippen LogP contribution is 2.42. The molecule has 0 aliphatic carbocycles. The average molecular weight is 438 g/mol. The molecule has 0 amide bonds. The molecule has 1 N–H and O–H groups in total. The number of rotatable bonds is 11. The Kier molecular flexibility index (Phi) is 8.34. The zero-order chi connectivity index (χ0) is 23.1. The van der Waals surface area contributed by atoms with Gasteiger partial charge in [-0.25, -0.2) is 0 Å². The predicted molar refractivity (Wildman–Crippen MR) is 128 cm³/mol. The van der Waals surface area contributed by atoms with E-state index in [9.17, 15) is 9.90 Å². The standard InChI is InChI=1S/C27H35NO4/c1-5-8-14-28(15-9-6-2)18-21-22(29)16-19(4)25-26(30)24(32-27(21)25)17-20-12-10-11-13-23(20)31-7-3/h10-13,16-17,29H,5-9,14-15,18H2,1-4H3/b24-17+. The lowest BCUT2D eigenvalue weighted by atomic mass is 9.99. The highest BCUT2D eigenvalue weighted by molar-refractivity contribution is 6.16. The Morgan fingerprint density at radius 3 is 2.44 bits per heavy atom. The molecule has 1 aliphatic rings. The summed E-state index contributed by atoms with van der Waals surface area (Å²) in [5, 5.41) is 10.8. The van der Waals surface area contributed by atoms with Crippen LogP contribution in [0.1, 0.15) is 73.5 Å². The molecule has 0 radical (unpaired) electrons. The molecule has 2 aromatic carbocycles. The van der Waals surface area contributed by atoms with Crippen LogP contribution in [0, 0.1) is 6.92 Å². The number of phenolic OH excluding ortho intramolecular Hbond substituents is 1. The number of phenols is 1. The topological polar surface area (TPSA) is 59.0 Å². The molecular weight excluding hydrogens is 402 g/mol. The second-order valence-corrected chi connectivity index (χ2v) is 8.29. The van der Waals surface area contributed by atoms with E-state index >= 15 is 0 Å². The molecular formula is C27H35NO4. The zero-order valence-electron chi connectivity index (χ0n) is 19.7. The number of hydrogen-bond acceptors (Lipinski definition) is 5. The number of ketones is 1. The molecule has 0 saturated heterocycles. The third-order valence-electron chi connectivity index (χ3n) is 5.76. The van der Waals surface area contributed by atoms with Crippen LogP contribution in [0.15, 0.2) is 36.1 Å². The Morgan fingerprint density at radius 2 is 1.78 bits per heavy atom. The number of nitrogens with zero attached hydrogens (tertiary/aromatic N) is 1. The van der Waals surface area contributed by atoms with Gasteiger partial charge >= 0.3 is 0 Å². The van der Waals surface area contributed by atoms with Crippen LogP contribution in [0.25, 0.3) is 6.08 Å². The smallest absolute Gasteiger partial charge is 0.232 e. The lowest BCUT2D eigenvalue weighted by Gasteiger charge is -2.23. The summed E-state index contributed by atoms with van der Waals surface area (Å²) in [7, 11) is 0. The number of allylic oxidation sites excluding steroid dienone is 1. The van der Waals surface area contributed by atoms with E-state index in [4.69, 9.17) is 9.47 Å². The lowest BCUT2D eigenvalue weighted by Crippen LogP contribution is -2.26. The first-order valence-electron chi connectivity index (χ1n) is 11.7. The number of ether oxygens (including phenoxy) is 2. The Bertz CT molecular complexity index is 972. The number of aromatic hydroxyl groups is 1. The fourth-order valence-electron chi connectivity index (χ4n) is 4.02. The summed E-state index contributed by atoms with van der Waals surface area (Å²) in [6, 6.07) is 9.28. The van der Waals surface area contributed by atoms with Gasteiger partial charge in [-0.2, -0.15) is 0 Å². The molecule has 0 bridgehead atoms. The number of carbonyl (C=O) groups is 1. The molecule has 0 saturated carbocycles. The molecule has 0 aromatic heterocycles. The minimum atomic E-state index is -0.154. The Morgan fingerprint density at radius 1 is 1.09 bits per heavy atom. The van der Waals surface area contributed by atoms with Crippen molar-refractivity contribution >= 4 is 11.9 Å². The third-order valence-corrected chi connectivity index (χ3v) is 5.76. The molecule has 1 heterocycles. The molecule has 0 unspecified atom stereocenters. The minimum Gasteiger partial charge on any atom is -0.507 e. The van der Waals surface area contributed by atoms with Crippen LogP contribution in [-0.2, 0) is 6.54 Å². The molecule has 0 atom stereocenters. The number of hydrogen-bond donors (Lipinski definition) is 1. The number of para-hydroxylation sites is 1. The monoisotopic (exact) mass is 437 g/mol. The summed E-state index contributed by atoms with van der Waals surface area (Å²) in [5.74, 6) is 1.49. The fourth-order valence-corrected chi connectivity index (χ4v) is 4.02. The van der Waals surface area contributed by atoms with Crippen molar-refractivity contribution < 1.29 is 19.4 Å². The molecule has 3 rings (SSSR count). The largest absolute Gasteiger partial charge is 0.507 e. The summed E-state index contributed by atoms with van der Waals surface area (Å²) in [4.78, 5) is 15.6. The van der Waals surface area contributed by atoms with Crippen molar-refractivity contribution in [3.63, 3.8) is 0 Å². The van der Waals surface area contributed by atoms with Crippen LogP contribution in [-0.4, -0.2) is 35.5 Å². The van der Waals surface area contributed by atoms with Gasteiger partial charge < -0.3 is 14.6 Å². The van der Waals surface area contributed by atoms with Crippen LogP contribution in [0.5, 0.6) is 17.2 Å². The van der Waals surface area contributed by atoms with E-state index in [1.54, 1.807) is 12.1 Å².